The van der Waals surface area contributed by atoms with Crippen molar-refractivity contribution in [2.24, 2.45) is 11.1 Å². The molecule has 60 heavy (non-hydrogen) atoms. The second kappa shape index (κ2) is 14.3. The molecule has 1 spiro atoms. The molecular formula is C41H39F4N11O4. The van der Waals surface area contributed by atoms with E-state index in [1.165, 1.54) is 29.8 Å². The highest BCUT2D eigenvalue weighted by molar-refractivity contribution is 6.06. The minimum Gasteiger partial charge on any atom is -0.385 e. The van der Waals surface area contributed by atoms with E-state index in [1.807, 2.05) is 17.0 Å². The van der Waals surface area contributed by atoms with Gasteiger partial charge in [-0.3, -0.25) is 34.5 Å². The molecule has 3 saturated heterocycles. The second-order valence-corrected chi connectivity index (χ2v) is 15.8. The number of aromatic nitrogens is 4. The van der Waals surface area contributed by atoms with Gasteiger partial charge in [-0.05, 0) is 55.2 Å². The molecule has 0 bridgehead atoms. The van der Waals surface area contributed by atoms with Crippen molar-refractivity contribution < 1.29 is 36.7 Å². The van der Waals surface area contributed by atoms with Crippen LogP contribution in [0, 0.1) is 24.0 Å². The third-order valence-corrected chi connectivity index (χ3v) is 12.1. The number of nitrogens with two attached hydrogens (primary N) is 1. The zero-order valence-corrected chi connectivity index (χ0v) is 32.6. The first-order valence-electron chi connectivity index (χ1n) is 19.4. The number of nitrogens with one attached hydrogen (secondary N) is 2. The standard InChI is InChI=1S/C41H39F4N11O4/c1-22-27(42)13-24(14-31(22)55-10-7-34(57)50-39(55)60)38(59)53-11-8-40(41(44,45)21-53)19-52(20-40)18-23-12-28(43)35(48-16-23)26-4-3-5-30-25(26)6-9-54(30)33-15-29(47-2)37-49-17-32(36(46)58)56(37)51-33/h3-5,12-17,47H,6-11,18-21H2,1-2H3,(H2,46,58)(H,50,57,60). The normalized spacial score (nSPS) is 18.5. The number of halogens is 4. The minimum absolute atomic E-state index is 0.00393. The van der Waals surface area contributed by atoms with E-state index >= 15 is 17.6 Å². The molecule has 4 aliphatic heterocycles. The summed E-state index contributed by atoms with van der Waals surface area (Å²) in [6.07, 6.45) is 3.46. The molecule has 9 rings (SSSR count). The average Bonchev–Trinajstić information content (AvgIpc) is 3.84. The molecule has 4 aliphatic rings. The molecule has 310 valence electrons. The topological polar surface area (TPSA) is 174 Å². The van der Waals surface area contributed by atoms with Gasteiger partial charge in [0.1, 0.15) is 23.0 Å². The van der Waals surface area contributed by atoms with Gasteiger partial charge in [-0.15, -0.1) is 5.10 Å². The minimum atomic E-state index is -3.27. The fourth-order valence-corrected chi connectivity index (χ4v) is 8.90. The van der Waals surface area contributed by atoms with E-state index in [9.17, 15) is 19.2 Å². The van der Waals surface area contributed by atoms with Crippen LogP contribution in [0.25, 0.3) is 16.9 Å². The van der Waals surface area contributed by atoms with Crippen LogP contribution in [0.4, 0.5) is 45.2 Å². The molecule has 0 atom stereocenters. The van der Waals surface area contributed by atoms with E-state index in [4.69, 9.17) is 5.73 Å². The summed E-state index contributed by atoms with van der Waals surface area (Å²) in [5, 5.41) is 9.90. The van der Waals surface area contributed by atoms with E-state index in [-0.39, 0.29) is 73.8 Å². The number of hydrogen-bond acceptors (Lipinski definition) is 10. The molecule has 15 nitrogen and oxygen atoms in total. The highest BCUT2D eigenvalue weighted by Crippen LogP contribution is 2.51. The third-order valence-electron chi connectivity index (χ3n) is 12.1. The number of anilines is 4. The second-order valence-electron chi connectivity index (χ2n) is 15.8. The van der Waals surface area contributed by atoms with Crippen LogP contribution in [-0.4, -0.2) is 105 Å². The highest BCUT2D eigenvalue weighted by atomic mass is 19.3. The number of pyridine rings is 1. The zero-order valence-electron chi connectivity index (χ0n) is 32.6. The SMILES string of the molecule is CNc1cc(N2CCc3c(-c4ncc(CN5CC6(CCN(C(=O)c7cc(F)c(C)c(N8CCC(=O)NC8=O)c7)CC6(F)F)C5)cc4F)cccc32)nn2c(C(N)=O)cnc12. The summed E-state index contributed by atoms with van der Waals surface area (Å²) in [5.41, 5.74) is 8.29. The lowest BCUT2D eigenvalue weighted by Crippen LogP contribution is -2.70. The molecule has 5 aromatic rings. The summed E-state index contributed by atoms with van der Waals surface area (Å²) in [7, 11) is 1.73. The van der Waals surface area contributed by atoms with Gasteiger partial charge < -0.3 is 20.9 Å². The van der Waals surface area contributed by atoms with Gasteiger partial charge in [-0.2, -0.15) is 0 Å². The summed E-state index contributed by atoms with van der Waals surface area (Å²) >= 11 is 0. The molecule has 7 heterocycles. The fourth-order valence-electron chi connectivity index (χ4n) is 8.90. The van der Waals surface area contributed by atoms with Crippen LogP contribution < -0.4 is 26.2 Å². The highest BCUT2D eigenvalue weighted by Gasteiger charge is 2.62. The van der Waals surface area contributed by atoms with Gasteiger partial charge in [0.05, 0.1) is 29.5 Å². The maximum atomic E-state index is 15.9. The Kier molecular flexibility index (Phi) is 9.25. The number of rotatable bonds is 8. The molecule has 19 heteroatoms. The van der Waals surface area contributed by atoms with E-state index in [0.29, 0.717) is 41.2 Å². The lowest BCUT2D eigenvalue weighted by atomic mass is 9.69. The van der Waals surface area contributed by atoms with Crippen LogP contribution in [0.2, 0.25) is 0 Å². The van der Waals surface area contributed by atoms with Crippen molar-refractivity contribution in [3.63, 3.8) is 0 Å². The Labute approximate surface area is 340 Å². The number of primary amides is 1. The van der Waals surface area contributed by atoms with Crippen LogP contribution in [0.15, 0.2) is 54.9 Å². The molecular weight excluding hydrogens is 787 g/mol. The van der Waals surface area contributed by atoms with E-state index in [2.05, 4.69) is 25.7 Å². The number of imide groups is 1. The summed E-state index contributed by atoms with van der Waals surface area (Å²) in [4.78, 5) is 64.4. The van der Waals surface area contributed by atoms with Gasteiger partial charge in [-0.25, -0.2) is 31.9 Å². The third kappa shape index (κ3) is 6.34. The average molecular weight is 826 g/mol. The van der Waals surface area contributed by atoms with Crippen LogP contribution in [0.5, 0.6) is 0 Å². The van der Waals surface area contributed by atoms with Crippen molar-refractivity contribution in [2.45, 2.75) is 38.7 Å². The first-order valence-corrected chi connectivity index (χ1v) is 19.4. The molecule has 3 aromatic heterocycles. The smallest absolute Gasteiger partial charge is 0.328 e. The number of carbonyl (C=O) groups excluding carboxylic acids is 4. The Morgan fingerprint density at radius 1 is 0.933 bits per heavy atom. The van der Waals surface area contributed by atoms with Gasteiger partial charge in [0.25, 0.3) is 17.7 Å². The Morgan fingerprint density at radius 2 is 1.72 bits per heavy atom. The molecule has 0 aliphatic carbocycles. The molecule has 5 amide bonds. The predicted molar refractivity (Wildman–Crippen MR) is 211 cm³/mol. The van der Waals surface area contributed by atoms with Crippen LogP contribution in [0.3, 0.4) is 0 Å². The molecule has 3 fully saturated rings. The number of amides is 5. The summed E-state index contributed by atoms with van der Waals surface area (Å²) < 4.78 is 64.2. The molecule has 0 radical (unpaired) electrons. The largest absolute Gasteiger partial charge is 0.385 e. The first kappa shape index (κ1) is 38.9. The number of hydrogen-bond donors (Lipinski definition) is 3. The van der Waals surface area contributed by atoms with Crippen molar-refractivity contribution in [1.29, 1.82) is 0 Å². The first-order chi connectivity index (χ1) is 28.7. The molecule has 2 aromatic carbocycles. The van der Waals surface area contributed by atoms with E-state index < -0.39 is 53.3 Å². The van der Waals surface area contributed by atoms with Gasteiger partial charge in [-0.1, -0.05) is 12.1 Å². The Morgan fingerprint density at radius 3 is 2.43 bits per heavy atom. The number of piperidine rings is 1. The van der Waals surface area contributed by atoms with Gasteiger partial charge in [0, 0.05) is 87.4 Å². The van der Waals surface area contributed by atoms with Crippen molar-refractivity contribution in [2.75, 3.05) is 61.4 Å². The van der Waals surface area contributed by atoms with E-state index in [1.54, 1.807) is 30.3 Å². The van der Waals surface area contributed by atoms with Gasteiger partial charge in [0.15, 0.2) is 11.5 Å². The molecule has 4 N–H and O–H groups in total. The van der Waals surface area contributed by atoms with Gasteiger partial charge >= 0.3 is 6.03 Å². The number of urea groups is 1. The van der Waals surface area contributed by atoms with Crippen LogP contribution in [-0.2, 0) is 17.8 Å². The van der Waals surface area contributed by atoms with Crippen molar-refractivity contribution in [3.8, 4) is 11.3 Å². The Bertz CT molecular complexity index is 2650. The summed E-state index contributed by atoms with van der Waals surface area (Å²) in [5.74, 6) is -6.02. The maximum absolute atomic E-state index is 15.9. The lowest BCUT2D eigenvalue weighted by molar-refractivity contribution is -0.220. The number of alkyl halides is 2. The van der Waals surface area contributed by atoms with Gasteiger partial charge in [0.2, 0.25) is 5.91 Å². The van der Waals surface area contributed by atoms with E-state index in [0.717, 1.165) is 27.1 Å². The number of likely N-dealkylation sites (tertiary alicyclic amines) is 2. The summed E-state index contributed by atoms with van der Waals surface area (Å²) in [6, 6.07) is 10.2. The van der Waals surface area contributed by atoms with Crippen molar-refractivity contribution >= 4 is 52.3 Å². The van der Waals surface area contributed by atoms with Crippen LogP contribution >= 0.6 is 0 Å². The monoisotopic (exact) mass is 825 g/mol. The number of nitrogens with zero attached hydrogens (tertiary/aromatic N) is 8. The number of imidazole rings is 1. The number of benzene rings is 2. The van der Waals surface area contributed by atoms with Crippen LogP contribution in [0.1, 0.15) is 50.4 Å². The number of fused-ring (bicyclic) bond motifs is 2. The predicted octanol–water partition coefficient (Wildman–Crippen LogP) is 4.64. The fraction of sp³-hybridized carbons (Fsp3) is 0.341. The Hall–Kier alpha value is -6.63. The molecule has 0 unspecified atom stereocenters. The van der Waals surface area contributed by atoms with Crippen molar-refractivity contribution in [3.05, 3.63) is 94.4 Å². The summed E-state index contributed by atoms with van der Waals surface area (Å²) in [6.45, 7) is 1.31. The molecule has 0 saturated carbocycles. The number of carbonyl (C=O) groups is 4. The van der Waals surface area contributed by atoms with Crippen molar-refractivity contribution in [1.82, 2.24) is 34.7 Å². The Balaban J connectivity index is 0.869. The quantitative estimate of drug-likeness (QED) is 0.187. The maximum Gasteiger partial charge on any atom is 0.328 e. The lowest BCUT2D eigenvalue weighted by Gasteiger charge is -2.57. The zero-order chi connectivity index (χ0) is 42.2.